The molecule has 2 aromatic heterocycles. The molecule has 1 aliphatic carbocycles. The summed E-state index contributed by atoms with van der Waals surface area (Å²) < 4.78 is 1.69. The van der Waals surface area contributed by atoms with E-state index in [1.807, 2.05) is 25.5 Å². The first-order valence-corrected chi connectivity index (χ1v) is 5.87. The Hall–Kier alpha value is -1.75. The molecule has 0 amide bonds. The molecule has 5 heteroatoms. The highest BCUT2D eigenvalue weighted by atomic mass is 15.3. The maximum absolute atomic E-state index is 4.31. The lowest BCUT2D eigenvalue weighted by atomic mass is 10.3. The summed E-state index contributed by atoms with van der Waals surface area (Å²) in [5.41, 5.74) is 2.22. The van der Waals surface area contributed by atoms with Crippen molar-refractivity contribution in [3.8, 4) is 5.95 Å². The van der Waals surface area contributed by atoms with Gasteiger partial charge in [-0.25, -0.2) is 14.6 Å². The fourth-order valence-corrected chi connectivity index (χ4v) is 1.63. The lowest BCUT2D eigenvalue weighted by Gasteiger charge is -2.03. The van der Waals surface area contributed by atoms with Crippen molar-refractivity contribution in [3.05, 3.63) is 35.9 Å². The summed E-state index contributed by atoms with van der Waals surface area (Å²) in [5.74, 6) is 0.619. The highest BCUT2D eigenvalue weighted by Crippen LogP contribution is 2.19. The van der Waals surface area contributed by atoms with Crippen molar-refractivity contribution in [1.82, 2.24) is 25.1 Å². The van der Waals surface area contributed by atoms with Crippen molar-refractivity contribution >= 4 is 0 Å². The normalized spacial score (nSPS) is 15.1. The molecule has 0 bridgehead atoms. The van der Waals surface area contributed by atoms with Crippen LogP contribution in [0.25, 0.3) is 5.95 Å². The third kappa shape index (κ3) is 2.50. The second-order valence-corrected chi connectivity index (χ2v) is 4.51. The second kappa shape index (κ2) is 4.25. The minimum Gasteiger partial charge on any atom is -0.310 e. The number of aryl methyl sites for hydroxylation is 1. The van der Waals surface area contributed by atoms with Crippen LogP contribution >= 0.6 is 0 Å². The number of nitrogens with zero attached hydrogens (tertiary/aromatic N) is 4. The Labute approximate surface area is 99.9 Å². The van der Waals surface area contributed by atoms with Gasteiger partial charge in [-0.05, 0) is 25.3 Å². The summed E-state index contributed by atoms with van der Waals surface area (Å²) in [4.78, 5) is 8.62. The van der Waals surface area contributed by atoms with Gasteiger partial charge in [0, 0.05) is 36.7 Å². The van der Waals surface area contributed by atoms with Crippen molar-refractivity contribution in [2.24, 2.45) is 0 Å². The molecule has 0 radical (unpaired) electrons. The van der Waals surface area contributed by atoms with Crippen LogP contribution in [0.2, 0.25) is 0 Å². The first kappa shape index (κ1) is 10.4. The molecule has 1 fully saturated rings. The molecule has 0 spiro atoms. The van der Waals surface area contributed by atoms with Gasteiger partial charge in [0.15, 0.2) is 0 Å². The fraction of sp³-hybridized carbons (Fsp3) is 0.417. The zero-order valence-corrected chi connectivity index (χ0v) is 9.80. The third-order valence-corrected chi connectivity index (χ3v) is 2.78. The predicted molar refractivity (Wildman–Crippen MR) is 63.8 cm³/mol. The smallest absolute Gasteiger partial charge is 0.250 e. The maximum Gasteiger partial charge on any atom is 0.250 e. The van der Waals surface area contributed by atoms with E-state index in [1.54, 1.807) is 10.9 Å². The van der Waals surface area contributed by atoms with Gasteiger partial charge in [0.05, 0.1) is 6.20 Å². The summed E-state index contributed by atoms with van der Waals surface area (Å²) in [6.45, 7) is 2.85. The van der Waals surface area contributed by atoms with Crippen LogP contribution in [0.4, 0.5) is 0 Å². The number of hydrogen-bond acceptors (Lipinski definition) is 4. The van der Waals surface area contributed by atoms with E-state index in [0.717, 1.165) is 17.7 Å². The van der Waals surface area contributed by atoms with E-state index in [2.05, 4.69) is 20.4 Å². The molecule has 0 saturated heterocycles. The van der Waals surface area contributed by atoms with Crippen LogP contribution < -0.4 is 5.32 Å². The molecule has 1 aliphatic rings. The summed E-state index contributed by atoms with van der Waals surface area (Å²) in [7, 11) is 0. The van der Waals surface area contributed by atoms with E-state index in [0.29, 0.717) is 12.0 Å². The number of rotatable bonds is 4. The van der Waals surface area contributed by atoms with E-state index in [4.69, 9.17) is 0 Å². The molecular formula is C12H15N5. The first-order valence-electron chi connectivity index (χ1n) is 5.87. The summed E-state index contributed by atoms with van der Waals surface area (Å²) >= 11 is 0. The first-order chi connectivity index (χ1) is 8.31. The molecule has 2 aromatic rings. The quantitative estimate of drug-likeness (QED) is 0.856. The Morgan fingerprint density at radius 2 is 2.06 bits per heavy atom. The van der Waals surface area contributed by atoms with Gasteiger partial charge in [0.25, 0.3) is 0 Å². The highest BCUT2D eigenvalue weighted by molar-refractivity contribution is 5.16. The van der Waals surface area contributed by atoms with E-state index >= 15 is 0 Å². The Kier molecular flexibility index (Phi) is 2.60. The fourth-order valence-electron chi connectivity index (χ4n) is 1.63. The van der Waals surface area contributed by atoms with Gasteiger partial charge in [0.2, 0.25) is 5.95 Å². The zero-order chi connectivity index (χ0) is 11.7. The number of hydrogen-bond donors (Lipinski definition) is 1. The van der Waals surface area contributed by atoms with Crippen molar-refractivity contribution in [3.63, 3.8) is 0 Å². The molecule has 17 heavy (non-hydrogen) atoms. The SMILES string of the molecule is Cc1cnn(-c2ncc(CNC3CC3)cn2)c1. The molecule has 0 aromatic carbocycles. The lowest BCUT2D eigenvalue weighted by molar-refractivity contribution is 0.680. The standard InChI is InChI=1S/C12H15N5/c1-9-4-16-17(8-9)12-14-6-10(7-15-12)5-13-11-2-3-11/h4,6-8,11,13H,2-3,5H2,1H3. The molecule has 2 heterocycles. The van der Waals surface area contributed by atoms with Crippen molar-refractivity contribution < 1.29 is 0 Å². The minimum absolute atomic E-state index is 0.619. The van der Waals surface area contributed by atoms with Gasteiger partial charge in [-0.3, -0.25) is 0 Å². The van der Waals surface area contributed by atoms with Gasteiger partial charge in [-0.15, -0.1) is 0 Å². The summed E-state index contributed by atoms with van der Waals surface area (Å²) in [6, 6.07) is 0.712. The number of nitrogens with one attached hydrogen (secondary N) is 1. The summed E-state index contributed by atoms with van der Waals surface area (Å²) in [6.07, 6.45) is 10.0. The van der Waals surface area contributed by atoms with E-state index in [1.165, 1.54) is 12.8 Å². The lowest BCUT2D eigenvalue weighted by Crippen LogP contribution is -2.16. The average molecular weight is 229 g/mol. The molecule has 88 valence electrons. The van der Waals surface area contributed by atoms with Crippen LogP contribution in [0.3, 0.4) is 0 Å². The van der Waals surface area contributed by atoms with Crippen LogP contribution in [0, 0.1) is 6.92 Å². The zero-order valence-electron chi connectivity index (χ0n) is 9.80. The minimum atomic E-state index is 0.619. The van der Waals surface area contributed by atoms with Gasteiger partial charge < -0.3 is 5.32 Å². The molecular weight excluding hydrogens is 214 g/mol. The van der Waals surface area contributed by atoms with Gasteiger partial charge >= 0.3 is 0 Å². The Bertz CT molecular complexity index is 498. The molecule has 5 nitrogen and oxygen atoms in total. The Morgan fingerprint density at radius 3 is 2.65 bits per heavy atom. The second-order valence-electron chi connectivity index (χ2n) is 4.51. The van der Waals surface area contributed by atoms with Crippen LogP contribution in [0.15, 0.2) is 24.8 Å². The molecule has 1 N–H and O–H groups in total. The number of aromatic nitrogens is 4. The van der Waals surface area contributed by atoms with Gasteiger partial charge in [-0.2, -0.15) is 5.10 Å². The van der Waals surface area contributed by atoms with Crippen molar-refractivity contribution in [1.29, 1.82) is 0 Å². The Morgan fingerprint density at radius 1 is 1.29 bits per heavy atom. The maximum atomic E-state index is 4.31. The topological polar surface area (TPSA) is 55.6 Å². The third-order valence-electron chi connectivity index (χ3n) is 2.78. The van der Waals surface area contributed by atoms with E-state index < -0.39 is 0 Å². The van der Waals surface area contributed by atoms with Crippen molar-refractivity contribution in [2.45, 2.75) is 32.4 Å². The molecule has 0 aliphatic heterocycles. The molecule has 0 unspecified atom stereocenters. The predicted octanol–water partition coefficient (Wildman–Crippen LogP) is 1.22. The van der Waals surface area contributed by atoms with E-state index in [9.17, 15) is 0 Å². The Balaban J connectivity index is 1.70. The largest absolute Gasteiger partial charge is 0.310 e. The van der Waals surface area contributed by atoms with Gasteiger partial charge in [0.1, 0.15) is 0 Å². The molecule has 0 atom stereocenters. The van der Waals surface area contributed by atoms with Crippen LogP contribution in [-0.4, -0.2) is 25.8 Å². The van der Waals surface area contributed by atoms with Crippen LogP contribution in [0.1, 0.15) is 24.0 Å². The van der Waals surface area contributed by atoms with Gasteiger partial charge in [-0.1, -0.05) is 0 Å². The van der Waals surface area contributed by atoms with Crippen LogP contribution in [-0.2, 0) is 6.54 Å². The molecule has 3 rings (SSSR count). The summed E-state index contributed by atoms with van der Waals surface area (Å²) in [5, 5.41) is 7.61. The average Bonchev–Trinajstić information content (AvgIpc) is 3.09. The van der Waals surface area contributed by atoms with E-state index in [-0.39, 0.29) is 0 Å². The highest BCUT2D eigenvalue weighted by Gasteiger charge is 2.19. The van der Waals surface area contributed by atoms with Crippen molar-refractivity contribution in [2.75, 3.05) is 0 Å². The monoisotopic (exact) mass is 229 g/mol. The van der Waals surface area contributed by atoms with Crippen LogP contribution in [0.5, 0.6) is 0 Å². The molecule has 1 saturated carbocycles.